The third kappa shape index (κ3) is 2.34. The highest BCUT2D eigenvalue weighted by Crippen LogP contribution is 2.41. The van der Waals surface area contributed by atoms with Gasteiger partial charge in [-0.1, -0.05) is 19.8 Å². The Morgan fingerprint density at radius 3 is 2.53 bits per heavy atom. The third-order valence-electron chi connectivity index (χ3n) is 4.55. The van der Waals surface area contributed by atoms with Gasteiger partial charge in [-0.3, -0.25) is 10.1 Å². The van der Waals surface area contributed by atoms with Crippen LogP contribution in [-0.4, -0.2) is 40.6 Å². The minimum Gasteiger partial charge on any atom is -0.327 e. The van der Waals surface area contributed by atoms with Crippen LogP contribution in [0.15, 0.2) is 0 Å². The van der Waals surface area contributed by atoms with Gasteiger partial charge >= 0.3 is 0 Å². The molecule has 0 aromatic rings. The lowest BCUT2D eigenvalue weighted by Gasteiger charge is -2.32. The summed E-state index contributed by atoms with van der Waals surface area (Å²) in [5, 5.41) is 3.36. The first-order chi connectivity index (χ1) is 8.05. The highest BCUT2D eigenvalue weighted by atomic mass is 32.2. The lowest BCUT2D eigenvalue weighted by molar-refractivity contribution is -0.132. The van der Waals surface area contributed by atoms with E-state index in [9.17, 15) is 4.79 Å². The molecule has 1 heterocycles. The standard InChI is InChI=1S/C13H24N2OS/c1-4-12(2)11(16)15(10-14-12)9-13(17-3)7-5-6-8-13/h14H,4-10H2,1-3H3. The van der Waals surface area contributed by atoms with Crippen molar-refractivity contribution in [2.75, 3.05) is 19.5 Å². The normalized spacial score (nSPS) is 32.4. The van der Waals surface area contributed by atoms with Gasteiger partial charge in [0.2, 0.25) is 5.91 Å². The number of carbonyl (C=O) groups excluding carboxylic acids is 1. The average molecular weight is 256 g/mol. The SMILES string of the molecule is CCC1(C)NCN(CC2(SC)CCCC2)C1=O. The number of rotatable bonds is 4. The molecular weight excluding hydrogens is 232 g/mol. The molecule has 3 nitrogen and oxygen atoms in total. The summed E-state index contributed by atoms with van der Waals surface area (Å²) < 4.78 is 0.330. The molecule has 1 aliphatic carbocycles. The average Bonchev–Trinajstić information content (AvgIpc) is 2.91. The zero-order chi connectivity index (χ0) is 12.5. The van der Waals surface area contributed by atoms with Crippen LogP contribution in [0.2, 0.25) is 0 Å². The molecule has 1 amide bonds. The van der Waals surface area contributed by atoms with Crippen LogP contribution in [0.4, 0.5) is 0 Å². The predicted octanol–water partition coefficient (Wildman–Crippen LogP) is 2.22. The summed E-state index contributed by atoms with van der Waals surface area (Å²) in [4.78, 5) is 14.4. The largest absolute Gasteiger partial charge is 0.327 e. The molecule has 0 spiro atoms. The van der Waals surface area contributed by atoms with E-state index in [0.29, 0.717) is 10.7 Å². The van der Waals surface area contributed by atoms with Gasteiger partial charge in [0.25, 0.3) is 0 Å². The van der Waals surface area contributed by atoms with Crippen LogP contribution in [0.5, 0.6) is 0 Å². The van der Waals surface area contributed by atoms with Crippen molar-refractivity contribution < 1.29 is 4.79 Å². The Morgan fingerprint density at radius 1 is 1.41 bits per heavy atom. The monoisotopic (exact) mass is 256 g/mol. The van der Waals surface area contributed by atoms with E-state index in [1.54, 1.807) is 0 Å². The summed E-state index contributed by atoms with van der Waals surface area (Å²) in [5.74, 6) is 0.292. The number of hydrogen-bond donors (Lipinski definition) is 1. The Kier molecular flexibility index (Phi) is 3.74. The summed E-state index contributed by atoms with van der Waals surface area (Å²) in [7, 11) is 0. The van der Waals surface area contributed by atoms with Crippen molar-refractivity contribution in [3.05, 3.63) is 0 Å². The number of hydrogen-bond acceptors (Lipinski definition) is 3. The molecule has 1 saturated carbocycles. The zero-order valence-corrected chi connectivity index (χ0v) is 12.0. The van der Waals surface area contributed by atoms with Gasteiger partial charge in [-0.25, -0.2) is 0 Å². The molecule has 1 N–H and O–H groups in total. The third-order valence-corrected chi connectivity index (χ3v) is 5.96. The van der Waals surface area contributed by atoms with Crippen LogP contribution in [0.25, 0.3) is 0 Å². The van der Waals surface area contributed by atoms with Crippen molar-refractivity contribution in [3.63, 3.8) is 0 Å². The van der Waals surface area contributed by atoms with E-state index in [-0.39, 0.29) is 5.54 Å². The number of carbonyl (C=O) groups is 1. The second-order valence-corrected chi connectivity index (χ2v) is 6.89. The maximum atomic E-state index is 12.4. The predicted molar refractivity (Wildman–Crippen MR) is 73.1 cm³/mol. The topological polar surface area (TPSA) is 32.3 Å². The van der Waals surface area contributed by atoms with E-state index in [2.05, 4.69) is 18.5 Å². The molecule has 1 aliphatic heterocycles. The fraction of sp³-hybridized carbons (Fsp3) is 0.923. The number of nitrogens with one attached hydrogen (secondary N) is 1. The maximum Gasteiger partial charge on any atom is 0.243 e. The maximum absolute atomic E-state index is 12.4. The van der Waals surface area contributed by atoms with Gasteiger partial charge in [0.05, 0.1) is 12.2 Å². The second kappa shape index (κ2) is 4.81. The van der Waals surface area contributed by atoms with Crippen LogP contribution in [-0.2, 0) is 4.79 Å². The lowest BCUT2D eigenvalue weighted by atomic mass is 9.99. The number of nitrogens with zero attached hydrogens (tertiary/aromatic N) is 1. The van der Waals surface area contributed by atoms with E-state index in [4.69, 9.17) is 0 Å². The number of thioether (sulfide) groups is 1. The van der Waals surface area contributed by atoms with Crippen molar-refractivity contribution in [3.8, 4) is 0 Å². The van der Waals surface area contributed by atoms with E-state index in [1.807, 2.05) is 23.6 Å². The molecule has 0 aromatic heterocycles. The smallest absolute Gasteiger partial charge is 0.243 e. The van der Waals surface area contributed by atoms with Crippen molar-refractivity contribution in [1.82, 2.24) is 10.2 Å². The van der Waals surface area contributed by atoms with Crippen molar-refractivity contribution >= 4 is 17.7 Å². The van der Waals surface area contributed by atoms with Gasteiger partial charge in [0, 0.05) is 11.3 Å². The molecule has 17 heavy (non-hydrogen) atoms. The van der Waals surface area contributed by atoms with E-state index >= 15 is 0 Å². The summed E-state index contributed by atoms with van der Waals surface area (Å²) in [6.07, 6.45) is 8.23. The molecule has 2 rings (SSSR count). The van der Waals surface area contributed by atoms with Gasteiger partial charge in [-0.15, -0.1) is 0 Å². The molecule has 0 radical (unpaired) electrons. The van der Waals surface area contributed by atoms with Crippen LogP contribution in [0.1, 0.15) is 46.0 Å². The Balaban J connectivity index is 2.03. The fourth-order valence-electron chi connectivity index (χ4n) is 2.96. The van der Waals surface area contributed by atoms with E-state index < -0.39 is 0 Å². The Hall–Kier alpha value is -0.220. The molecule has 1 unspecified atom stereocenters. The summed E-state index contributed by atoms with van der Waals surface area (Å²) in [6.45, 7) is 5.76. The Bertz CT molecular complexity index is 302. The van der Waals surface area contributed by atoms with Gasteiger partial charge in [-0.2, -0.15) is 11.8 Å². The first-order valence-corrected chi connectivity index (χ1v) is 7.87. The molecule has 2 aliphatic rings. The molecule has 0 aromatic carbocycles. The van der Waals surface area contributed by atoms with Gasteiger partial charge in [0.1, 0.15) is 0 Å². The summed E-state index contributed by atoms with van der Waals surface area (Å²) in [5.41, 5.74) is -0.321. The van der Waals surface area contributed by atoms with Crippen molar-refractivity contribution in [2.45, 2.75) is 56.2 Å². The highest BCUT2D eigenvalue weighted by molar-refractivity contribution is 8.00. The molecule has 4 heteroatoms. The first-order valence-electron chi connectivity index (χ1n) is 6.65. The van der Waals surface area contributed by atoms with Crippen LogP contribution in [0.3, 0.4) is 0 Å². The first kappa shape index (κ1) is 13.2. The van der Waals surface area contributed by atoms with Gasteiger partial charge in [0.15, 0.2) is 0 Å². The van der Waals surface area contributed by atoms with Gasteiger partial charge in [-0.05, 0) is 32.4 Å². The zero-order valence-electron chi connectivity index (χ0n) is 11.2. The summed E-state index contributed by atoms with van der Waals surface area (Å²) in [6, 6.07) is 0. The molecular formula is C13H24N2OS. The molecule has 0 bridgehead atoms. The van der Waals surface area contributed by atoms with E-state index in [0.717, 1.165) is 19.6 Å². The van der Waals surface area contributed by atoms with Crippen molar-refractivity contribution in [1.29, 1.82) is 0 Å². The van der Waals surface area contributed by atoms with Crippen LogP contribution >= 0.6 is 11.8 Å². The van der Waals surface area contributed by atoms with Crippen molar-refractivity contribution in [2.24, 2.45) is 0 Å². The van der Waals surface area contributed by atoms with Gasteiger partial charge < -0.3 is 4.90 Å². The lowest BCUT2D eigenvalue weighted by Crippen LogP contribution is -2.45. The van der Waals surface area contributed by atoms with Crippen LogP contribution in [0, 0.1) is 0 Å². The second-order valence-electron chi connectivity index (χ2n) is 5.62. The molecule has 1 saturated heterocycles. The Labute approximate surface area is 109 Å². The quantitative estimate of drug-likeness (QED) is 0.837. The molecule has 2 fully saturated rings. The van der Waals surface area contributed by atoms with Crippen LogP contribution < -0.4 is 5.32 Å². The minimum atomic E-state index is -0.321. The highest BCUT2D eigenvalue weighted by Gasteiger charge is 2.44. The minimum absolute atomic E-state index is 0.292. The molecule has 98 valence electrons. The van der Waals surface area contributed by atoms with E-state index in [1.165, 1.54) is 25.7 Å². The molecule has 1 atom stereocenters. The Morgan fingerprint density at radius 2 is 2.06 bits per heavy atom. The fourth-order valence-corrected chi connectivity index (χ4v) is 3.95. The summed E-state index contributed by atoms with van der Waals surface area (Å²) >= 11 is 1.95. The number of amides is 1.